The molecule has 4 nitrogen and oxygen atoms in total. The van der Waals surface area contributed by atoms with Crippen molar-refractivity contribution in [3.63, 3.8) is 0 Å². The second-order valence-electron chi connectivity index (χ2n) is 3.82. The first-order chi connectivity index (χ1) is 8.24. The average molecular weight is 236 g/mol. The van der Waals surface area contributed by atoms with Gasteiger partial charge in [0, 0.05) is 27.1 Å². The van der Waals surface area contributed by atoms with E-state index >= 15 is 0 Å². The molecule has 0 atom stereocenters. The van der Waals surface area contributed by atoms with Gasteiger partial charge in [-0.25, -0.2) is 5.43 Å². The quantitative estimate of drug-likeness (QED) is 0.577. The predicted octanol–water partition coefficient (Wildman–Crippen LogP) is 1.58. The van der Waals surface area contributed by atoms with Crippen LogP contribution >= 0.6 is 0 Å². The van der Waals surface area contributed by atoms with Gasteiger partial charge in [0.05, 0.1) is 6.61 Å². The van der Waals surface area contributed by atoms with Crippen LogP contribution < -0.4 is 5.43 Å². The van der Waals surface area contributed by atoms with Gasteiger partial charge in [-0.3, -0.25) is 9.80 Å². The molecule has 0 spiro atoms. The fraction of sp³-hybridized carbons (Fsp3) is 0.462. The van der Waals surface area contributed by atoms with Crippen LogP contribution in [-0.4, -0.2) is 31.6 Å². The van der Waals surface area contributed by atoms with E-state index in [4.69, 9.17) is 4.74 Å². The van der Waals surface area contributed by atoms with Crippen LogP contribution in [0.5, 0.6) is 0 Å². The Kier molecular flexibility index (Phi) is 6.29. The number of carbonyl (C=O) groups excluding carboxylic acids is 1. The summed E-state index contributed by atoms with van der Waals surface area (Å²) in [5.74, 6) is 0.0795. The molecule has 0 heterocycles. The molecule has 0 unspecified atom stereocenters. The number of nitrogens with zero attached hydrogens (tertiary/aromatic N) is 1. The van der Waals surface area contributed by atoms with Crippen LogP contribution in [0.25, 0.3) is 0 Å². The lowest BCUT2D eigenvalue weighted by Gasteiger charge is -2.14. The summed E-state index contributed by atoms with van der Waals surface area (Å²) in [5, 5.41) is 1.48. The van der Waals surface area contributed by atoms with E-state index in [9.17, 15) is 4.79 Å². The molecule has 0 bridgehead atoms. The zero-order valence-corrected chi connectivity index (χ0v) is 10.5. The zero-order valence-electron chi connectivity index (χ0n) is 10.5. The topological polar surface area (TPSA) is 41.6 Å². The molecule has 4 heteroatoms. The molecule has 0 saturated heterocycles. The van der Waals surface area contributed by atoms with Crippen molar-refractivity contribution in [2.75, 3.05) is 20.7 Å². The maximum Gasteiger partial charge on any atom is 0.236 e. The lowest BCUT2D eigenvalue weighted by Crippen LogP contribution is -2.36. The number of carbonyl (C=O) groups is 1. The molecule has 0 aliphatic carbocycles. The number of amides is 1. The minimum atomic E-state index is 0.0795. The molecule has 0 aliphatic rings. The smallest absolute Gasteiger partial charge is 0.236 e. The minimum absolute atomic E-state index is 0.0795. The van der Waals surface area contributed by atoms with Gasteiger partial charge in [0.1, 0.15) is 0 Å². The number of nitrogens with one attached hydrogen (secondary N) is 1. The van der Waals surface area contributed by atoms with Gasteiger partial charge in [-0.1, -0.05) is 30.3 Å². The summed E-state index contributed by atoms with van der Waals surface area (Å²) in [6.45, 7) is 1.22. The third-order valence-corrected chi connectivity index (χ3v) is 2.50. The molecule has 0 fully saturated rings. The number of hydrogen-bond donors (Lipinski definition) is 1. The molecule has 17 heavy (non-hydrogen) atoms. The van der Waals surface area contributed by atoms with Gasteiger partial charge >= 0.3 is 0 Å². The van der Waals surface area contributed by atoms with Gasteiger partial charge < -0.3 is 4.74 Å². The molecular weight excluding hydrogens is 216 g/mol. The van der Waals surface area contributed by atoms with E-state index in [1.165, 1.54) is 5.01 Å². The lowest BCUT2D eigenvalue weighted by atomic mass is 10.2. The minimum Gasteiger partial charge on any atom is -0.377 e. The number of hydrazine groups is 1. The van der Waals surface area contributed by atoms with Crippen molar-refractivity contribution in [3.05, 3.63) is 35.9 Å². The maximum atomic E-state index is 11.4. The summed E-state index contributed by atoms with van der Waals surface area (Å²) < 4.78 is 5.49. The fourth-order valence-electron chi connectivity index (χ4n) is 1.38. The van der Waals surface area contributed by atoms with Crippen molar-refractivity contribution in [2.45, 2.75) is 19.4 Å². The summed E-state index contributed by atoms with van der Waals surface area (Å²) in [6.07, 6.45) is 1.25. The van der Waals surface area contributed by atoms with Gasteiger partial charge in [0.25, 0.3) is 0 Å². The summed E-state index contributed by atoms with van der Waals surface area (Å²) in [4.78, 5) is 11.4. The zero-order chi connectivity index (χ0) is 12.5. The highest BCUT2D eigenvalue weighted by Crippen LogP contribution is 2.02. The largest absolute Gasteiger partial charge is 0.377 e. The molecule has 1 aromatic carbocycles. The fourth-order valence-corrected chi connectivity index (χ4v) is 1.38. The maximum absolute atomic E-state index is 11.4. The first kappa shape index (κ1) is 13.7. The van der Waals surface area contributed by atoms with E-state index in [1.54, 1.807) is 14.1 Å². The SMILES string of the molecule is CNN(C)C(=O)CCCOCc1ccccc1. The third kappa shape index (κ3) is 5.47. The molecule has 0 radical (unpaired) electrons. The van der Waals surface area contributed by atoms with Crippen molar-refractivity contribution in [1.29, 1.82) is 0 Å². The Balaban J connectivity index is 2.07. The van der Waals surface area contributed by atoms with E-state index in [-0.39, 0.29) is 5.91 Å². The molecule has 0 aromatic heterocycles. The molecule has 1 N–H and O–H groups in total. The molecule has 94 valence electrons. The lowest BCUT2D eigenvalue weighted by molar-refractivity contribution is -0.132. The monoisotopic (exact) mass is 236 g/mol. The van der Waals surface area contributed by atoms with Crippen LogP contribution in [0.15, 0.2) is 30.3 Å². The molecule has 1 rings (SSSR count). The van der Waals surface area contributed by atoms with Gasteiger partial charge in [0.15, 0.2) is 0 Å². The van der Waals surface area contributed by atoms with Crippen LogP contribution in [0, 0.1) is 0 Å². The second kappa shape index (κ2) is 7.81. The first-order valence-corrected chi connectivity index (χ1v) is 5.79. The number of rotatable bonds is 7. The molecular formula is C13H20N2O2. The van der Waals surface area contributed by atoms with Crippen molar-refractivity contribution in [1.82, 2.24) is 10.4 Å². The Hall–Kier alpha value is -1.39. The summed E-state index contributed by atoms with van der Waals surface area (Å²) in [7, 11) is 3.44. The van der Waals surface area contributed by atoms with Gasteiger partial charge in [0.2, 0.25) is 5.91 Å². The van der Waals surface area contributed by atoms with Gasteiger partial charge in [-0.2, -0.15) is 0 Å². The summed E-state index contributed by atoms with van der Waals surface area (Å²) in [6, 6.07) is 10.0. The standard InChI is InChI=1S/C13H20N2O2/c1-14-15(2)13(16)9-6-10-17-11-12-7-4-3-5-8-12/h3-5,7-8,14H,6,9-11H2,1-2H3. The summed E-state index contributed by atoms with van der Waals surface area (Å²) in [5.41, 5.74) is 3.93. The van der Waals surface area contributed by atoms with E-state index in [0.29, 0.717) is 19.6 Å². The highest BCUT2D eigenvalue weighted by molar-refractivity contribution is 5.75. The van der Waals surface area contributed by atoms with E-state index < -0.39 is 0 Å². The Morgan fingerprint density at radius 1 is 1.35 bits per heavy atom. The van der Waals surface area contributed by atoms with Crippen LogP contribution in [0.2, 0.25) is 0 Å². The van der Waals surface area contributed by atoms with Gasteiger partial charge in [-0.15, -0.1) is 0 Å². The Bertz CT molecular complexity index is 327. The Labute approximate surface area is 103 Å². The molecule has 1 amide bonds. The van der Waals surface area contributed by atoms with Crippen LogP contribution in [0.1, 0.15) is 18.4 Å². The number of benzene rings is 1. The normalized spacial score (nSPS) is 10.2. The molecule has 0 aliphatic heterocycles. The third-order valence-electron chi connectivity index (χ3n) is 2.50. The Morgan fingerprint density at radius 3 is 2.71 bits per heavy atom. The van der Waals surface area contributed by atoms with Crippen molar-refractivity contribution in [3.8, 4) is 0 Å². The van der Waals surface area contributed by atoms with Crippen LogP contribution in [0.4, 0.5) is 0 Å². The Morgan fingerprint density at radius 2 is 2.06 bits per heavy atom. The average Bonchev–Trinajstić information content (AvgIpc) is 2.38. The van der Waals surface area contributed by atoms with Crippen molar-refractivity contribution in [2.24, 2.45) is 0 Å². The van der Waals surface area contributed by atoms with Gasteiger partial charge in [-0.05, 0) is 12.0 Å². The van der Waals surface area contributed by atoms with E-state index in [0.717, 1.165) is 12.0 Å². The van der Waals surface area contributed by atoms with Crippen LogP contribution in [0.3, 0.4) is 0 Å². The highest BCUT2D eigenvalue weighted by Gasteiger charge is 2.05. The van der Waals surface area contributed by atoms with E-state index in [1.807, 2.05) is 30.3 Å². The highest BCUT2D eigenvalue weighted by atomic mass is 16.5. The van der Waals surface area contributed by atoms with Crippen LogP contribution in [-0.2, 0) is 16.1 Å². The van der Waals surface area contributed by atoms with Crippen molar-refractivity contribution < 1.29 is 9.53 Å². The predicted molar refractivity (Wildman–Crippen MR) is 67.2 cm³/mol. The second-order valence-corrected chi connectivity index (χ2v) is 3.82. The van der Waals surface area contributed by atoms with E-state index in [2.05, 4.69) is 5.43 Å². The van der Waals surface area contributed by atoms with Crippen molar-refractivity contribution >= 4 is 5.91 Å². The number of hydrogen-bond acceptors (Lipinski definition) is 3. The molecule has 1 aromatic rings. The molecule has 0 saturated carbocycles. The number of ether oxygens (including phenoxy) is 1. The summed E-state index contributed by atoms with van der Waals surface area (Å²) >= 11 is 0. The first-order valence-electron chi connectivity index (χ1n) is 5.79.